The van der Waals surface area contributed by atoms with E-state index in [4.69, 9.17) is 0 Å². The van der Waals surface area contributed by atoms with Crippen molar-refractivity contribution >= 4 is 17.6 Å². The molecule has 6 heteroatoms. The van der Waals surface area contributed by atoms with E-state index < -0.39 is 11.8 Å². The first-order chi connectivity index (χ1) is 9.11. The summed E-state index contributed by atoms with van der Waals surface area (Å²) in [4.78, 5) is 30.8. The quantitative estimate of drug-likeness (QED) is 0.793. The molecule has 0 saturated carbocycles. The zero-order chi connectivity index (χ0) is 13.8. The molecule has 102 valence electrons. The second-order valence-corrected chi connectivity index (χ2v) is 4.50. The van der Waals surface area contributed by atoms with Crippen molar-refractivity contribution in [3.8, 4) is 0 Å². The molecule has 1 saturated heterocycles. The fraction of sp³-hybridized carbons (Fsp3) is 0.462. The molecule has 2 heterocycles. The lowest BCUT2D eigenvalue weighted by atomic mass is 10.2. The minimum atomic E-state index is -0.454. The SMILES string of the molecule is CCNc1cccc(CN2CCN(C)C(=O)C2=O)n1. The summed E-state index contributed by atoms with van der Waals surface area (Å²) in [7, 11) is 1.64. The van der Waals surface area contributed by atoms with Crippen LogP contribution in [0.3, 0.4) is 0 Å². The Morgan fingerprint density at radius 2 is 2.05 bits per heavy atom. The summed E-state index contributed by atoms with van der Waals surface area (Å²) in [5.41, 5.74) is 0.782. The third-order valence-electron chi connectivity index (χ3n) is 3.04. The lowest BCUT2D eigenvalue weighted by Crippen LogP contribution is -2.52. The van der Waals surface area contributed by atoms with E-state index in [0.29, 0.717) is 19.6 Å². The van der Waals surface area contributed by atoms with Gasteiger partial charge in [-0.15, -0.1) is 0 Å². The van der Waals surface area contributed by atoms with Crippen LogP contribution in [0.4, 0.5) is 5.82 Å². The number of amides is 2. The maximum Gasteiger partial charge on any atom is 0.312 e. The predicted octanol–water partition coefficient (Wildman–Crippen LogP) is 0.314. The van der Waals surface area contributed by atoms with E-state index in [9.17, 15) is 9.59 Å². The van der Waals surface area contributed by atoms with Crippen molar-refractivity contribution in [2.75, 3.05) is 32.0 Å². The number of likely N-dealkylation sites (N-methyl/N-ethyl adjacent to an activating group) is 1. The molecule has 0 unspecified atom stereocenters. The van der Waals surface area contributed by atoms with Crippen LogP contribution < -0.4 is 5.32 Å². The molecule has 1 aromatic rings. The Morgan fingerprint density at radius 1 is 1.26 bits per heavy atom. The van der Waals surface area contributed by atoms with Crippen molar-refractivity contribution in [3.05, 3.63) is 23.9 Å². The zero-order valence-electron chi connectivity index (χ0n) is 11.2. The van der Waals surface area contributed by atoms with Crippen LogP contribution in [0.5, 0.6) is 0 Å². The number of nitrogens with one attached hydrogen (secondary N) is 1. The molecule has 2 rings (SSSR count). The number of piperazine rings is 1. The molecule has 1 fully saturated rings. The Labute approximate surface area is 112 Å². The van der Waals surface area contributed by atoms with Gasteiger partial charge in [0, 0.05) is 26.7 Å². The van der Waals surface area contributed by atoms with Crippen LogP contribution in [-0.4, -0.2) is 53.3 Å². The summed E-state index contributed by atoms with van der Waals surface area (Å²) in [6.45, 7) is 4.28. The molecule has 0 atom stereocenters. The Hall–Kier alpha value is -2.11. The Bertz CT molecular complexity index is 489. The summed E-state index contributed by atoms with van der Waals surface area (Å²) in [5, 5.41) is 3.12. The van der Waals surface area contributed by atoms with Gasteiger partial charge < -0.3 is 15.1 Å². The maximum atomic E-state index is 11.8. The number of carbonyl (C=O) groups excluding carboxylic acids is 2. The number of carbonyl (C=O) groups is 2. The van der Waals surface area contributed by atoms with Gasteiger partial charge in [-0.25, -0.2) is 4.98 Å². The molecule has 6 nitrogen and oxygen atoms in total. The highest BCUT2D eigenvalue weighted by Crippen LogP contribution is 2.10. The summed E-state index contributed by atoms with van der Waals surface area (Å²) < 4.78 is 0. The topological polar surface area (TPSA) is 65.5 Å². The highest BCUT2D eigenvalue weighted by atomic mass is 16.2. The van der Waals surface area contributed by atoms with Crippen molar-refractivity contribution in [3.63, 3.8) is 0 Å². The third-order valence-corrected chi connectivity index (χ3v) is 3.04. The highest BCUT2D eigenvalue weighted by Gasteiger charge is 2.30. The van der Waals surface area contributed by atoms with Crippen LogP contribution >= 0.6 is 0 Å². The van der Waals surface area contributed by atoms with E-state index in [1.165, 1.54) is 4.90 Å². The average Bonchev–Trinajstić information content (AvgIpc) is 2.40. The van der Waals surface area contributed by atoms with E-state index in [2.05, 4.69) is 10.3 Å². The highest BCUT2D eigenvalue weighted by molar-refractivity contribution is 6.35. The van der Waals surface area contributed by atoms with Crippen molar-refractivity contribution in [2.24, 2.45) is 0 Å². The van der Waals surface area contributed by atoms with E-state index in [-0.39, 0.29) is 0 Å². The second-order valence-electron chi connectivity index (χ2n) is 4.50. The molecular weight excluding hydrogens is 244 g/mol. The van der Waals surface area contributed by atoms with Crippen molar-refractivity contribution < 1.29 is 9.59 Å². The van der Waals surface area contributed by atoms with E-state index in [1.54, 1.807) is 11.9 Å². The Morgan fingerprint density at radius 3 is 2.79 bits per heavy atom. The van der Waals surface area contributed by atoms with Gasteiger partial charge in [-0.05, 0) is 19.1 Å². The van der Waals surface area contributed by atoms with Crippen molar-refractivity contribution in [1.29, 1.82) is 0 Å². The number of hydrogen-bond donors (Lipinski definition) is 1. The third kappa shape index (κ3) is 3.01. The van der Waals surface area contributed by atoms with Gasteiger partial charge in [-0.1, -0.05) is 6.07 Å². The number of pyridine rings is 1. The molecule has 1 aliphatic rings. The molecule has 19 heavy (non-hydrogen) atoms. The second kappa shape index (κ2) is 5.69. The molecule has 0 bridgehead atoms. The number of anilines is 1. The predicted molar refractivity (Wildman–Crippen MR) is 71.5 cm³/mol. The van der Waals surface area contributed by atoms with Crippen LogP contribution in [0.1, 0.15) is 12.6 Å². The fourth-order valence-electron chi connectivity index (χ4n) is 1.97. The normalized spacial score (nSPS) is 15.9. The lowest BCUT2D eigenvalue weighted by molar-refractivity contribution is -0.155. The van der Waals surface area contributed by atoms with Gasteiger partial charge in [-0.2, -0.15) is 0 Å². The van der Waals surface area contributed by atoms with Gasteiger partial charge in [0.15, 0.2) is 0 Å². The lowest BCUT2D eigenvalue weighted by Gasteiger charge is -2.31. The van der Waals surface area contributed by atoms with Crippen LogP contribution in [0.2, 0.25) is 0 Å². The summed E-state index contributed by atoms with van der Waals surface area (Å²) in [5.74, 6) is -0.119. The Balaban J connectivity index is 2.06. The Kier molecular flexibility index (Phi) is 3.99. The fourth-order valence-corrected chi connectivity index (χ4v) is 1.97. The molecule has 2 amide bonds. The van der Waals surface area contributed by atoms with Crippen LogP contribution in [0.25, 0.3) is 0 Å². The molecule has 0 radical (unpaired) electrons. The zero-order valence-corrected chi connectivity index (χ0v) is 11.2. The summed E-state index contributed by atoms with van der Waals surface area (Å²) >= 11 is 0. The van der Waals surface area contributed by atoms with Crippen LogP contribution in [0.15, 0.2) is 18.2 Å². The van der Waals surface area contributed by atoms with Gasteiger partial charge in [0.1, 0.15) is 5.82 Å². The largest absolute Gasteiger partial charge is 0.370 e. The van der Waals surface area contributed by atoms with Crippen LogP contribution in [0, 0.1) is 0 Å². The first-order valence-electron chi connectivity index (χ1n) is 6.36. The minimum absolute atomic E-state index is 0.373. The standard InChI is InChI=1S/C13H18N4O2/c1-3-14-11-6-4-5-10(15-11)9-17-8-7-16(2)12(18)13(17)19/h4-6H,3,7-9H2,1-2H3,(H,14,15). The number of rotatable bonds is 4. The molecule has 0 aliphatic carbocycles. The molecule has 0 spiro atoms. The maximum absolute atomic E-state index is 11.8. The number of hydrogen-bond acceptors (Lipinski definition) is 4. The average molecular weight is 262 g/mol. The summed E-state index contributed by atoms with van der Waals surface area (Å²) in [6.07, 6.45) is 0. The van der Waals surface area contributed by atoms with Crippen molar-refractivity contribution in [2.45, 2.75) is 13.5 Å². The smallest absolute Gasteiger partial charge is 0.312 e. The molecule has 1 aliphatic heterocycles. The molecular formula is C13H18N4O2. The number of aromatic nitrogens is 1. The molecule has 0 aromatic carbocycles. The van der Waals surface area contributed by atoms with Gasteiger partial charge in [0.2, 0.25) is 0 Å². The number of nitrogens with zero attached hydrogens (tertiary/aromatic N) is 3. The summed E-state index contributed by atoms with van der Waals surface area (Å²) in [6, 6.07) is 5.63. The molecule has 1 aromatic heterocycles. The van der Waals surface area contributed by atoms with Crippen LogP contribution in [-0.2, 0) is 16.1 Å². The molecule has 1 N–H and O–H groups in total. The first kappa shape index (κ1) is 13.3. The monoisotopic (exact) mass is 262 g/mol. The van der Waals surface area contributed by atoms with E-state index in [1.807, 2.05) is 25.1 Å². The van der Waals surface area contributed by atoms with E-state index >= 15 is 0 Å². The van der Waals surface area contributed by atoms with Gasteiger partial charge >= 0.3 is 11.8 Å². The van der Waals surface area contributed by atoms with Crippen molar-refractivity contribution in [1.82, 2.24) is 14.8 Å². The van der Waals surface area contributed by atoms with Gasteiger partial charge in [0.05, 0.1) is 12.2 Å². The first-order valence-corrected chi connectivity index (χ1v) is 6.36. The van der Waals surface area contributed by atoms with Gasteiger partial charge in [0.25, 0.3) is 0 Å². The van der Waals surface area contributed by atoms with E-state index in [0.717, 1.165) is 18.1 Å². The van der Waals surface area contributed by atoms with Gasteiger partial charge in [-0.3, -0.25) is 9.59 Å². The minimum Gasteiger partial charge on any atom is -0.370 e.